The Bertz CT molecular complexity index is 1030. The zero-order valence-electron chi connectivity index (χ0n) is 20.2. The van der Waals surface area contributed by atoms with Crippen molar-refractivity contribution in [2.45, 2.75) is 19.3 Å². The molecule has 0 aliphatic rings. The van der Waals surface area contributed by atoms with Crippen LogP contribution in [-0.2, 0) is 12.8 Å². The van der Waals surface area contributed by atoms with E-state index in [-0.39, 0.29) is 0 Å². The molecule has 0 saturated heterocycles. The quantitative estimate of drug-likeness (QED) is 0.321. The zero-order valence-corrected chi connectivity index (χ0v) is 20.2. The topological polar surface area (TPSA) is 30.9 Å². The summed E-state index contributed by atoms with van der Waals surface area (Å²) in [6, 6.07) is 22.9. The van der Waals surface area contributed by atoms with Crippen molar-refractivity contribution in [3.63, 3.8) is 0 Å². The highest BCUT2D eigenvalue weighted by Gasteiger charge is 2.07. The minimum Gasteiger partial charge on any atom is -0.497 e. The lowest BCUT2D eigenvalue weighted by molar-refractivity contribution is 0.332. The molecule has 0 N–H and O–H groups in total. The molecule has 0 spiro atoms. The first-order valence-corrected chi connectivity index (χ1v) is 11.4. The Balaban J connectivity index is 1.55. The van der Waals surface area contributed by atoms with E-state index in [1.54, 1.807) is 21.3 Å². The van der Waals surface area contributed by atoms with Gasteiger partial charge < -0.3 is 19.1 Å². The molecule has 0 unspecified atom stereocenters. The first kappa shape index (κ1) is 24.4. The van der Waals surface area contributed by atoms with Crippen molar-refractivity contribution >= 4 is 12.2 Å². The van der Waals surface area contributed by atoms with Gasteiger partial charge in [-0.3, -0.25) is 0 Å². The molecule has 0 aromatic heterocycles. The van der Waals surface area contributed by atoms with Gasteiger partial charge in [0.1, 0.15) is 5.75 Å². The molecule has 3 aromatic rings. The first-order valence-electron chi connectivity index (χ1n) is 11.4. The van der Waals surface area contributed by atoms with Crippen LogP contribution in [0.15, 0.2) is 66.7 Å². The van der Waals surface area contributed by atoms with Crippen LogP contribution in [0.3, 0.4) is 0 Å². The highest BCUT2D eigenvalue weighted by molar-refractivity contribution is 5.71. The number of benzene rings is 3. The fourth-order valence-electron chi connectivity index (χ4n) is 3.85. The fraction of sp³-hybridized carbons (Fsp3) is 0.310. The van der Waals surface area contributed by atoms with Gasteiger partial charge in [-0.25, -0.2) is 0 Å². The van der Waals surface area contributed by atoms with Gasteiger partial charge in [0, 0.05) is 6.54 Å². The first-order chi connectivity index (χ1) is 16.1. The summed E-state index contributed by atoms with van der Waals surface area (Å²) in [5, 5.41) is 0. The van der Waals surface area contributed by atoms with Gasteiger partial charge in [-0.2, -0.15) is 0 Å². The Labute approximate surface area is 198 Å². The third-order valence-corrected chi connectivity index (χ3v) is 5.82. The predicted molar refractivity (Wildman–Crippen MR) is 137 cm³/mol. The molecule has 0 amide bonds. The second-order valence-electron chi connectivity index (χ2n) is 8.15. The second-order valence-corrected chi connectivity index (χ2v) is 8.15. The average molecular weight is 446 g/mol. The SMILES string of the molecule is COc1ccc(/C=C/c2ccccc2)c(CCCN(C)CCc2ccc(OC)c(OC)c2)c1. The minimum atomic E-state index is 0.769. The van der Waals surface area contributed by atoms with Gasteiger partial charge >= 0.3 is 0 Å². The predicted octanol–water partition coefficient (Wildman–Crippen LogP) is 5.99. The highest BCUT2D eigenvalue weighted by Crippen LogP contribution is 2.27. The Morgan fingerprint density at radius 1 is 0.727 bits per heavy atom. The second kappa shape index (κ2) is 12.7. The average Bonchev–Trinajstić information content (AvgIpc) is 2.87. The monoisotopic (exact) mass is 445 g/mol. The molecular formula is C29H35NO3. The molecule has 3 aromatic carbocycles. The van der Waals surface area contributed by atoms with Crippen LogP contribution in [0, 0.1) is 0 Å². The van der Waals surface area contributed by atoms with Crippen molar-refractivity contribution in [3.8, 4) is 17.2 Å². The Kier molecular flexibility index (Phi) is 9.40. The third kappa shape index (κ3) is 7.40. The number of nitrogens with zero attached hydrogens (tertiary/aromatic N) is 1. The van der Waals surface area contributed by atoms with E-state index in [0.29, 0.717) is 0 Å². The number of ether oxygens (including phenoxy) is 3. The van der Waals surface area contributed by atoms with Crippen LogP contribution in [0.1, 0.15) is 28.7 Å². The largest absolute Gasteiger partial charge is 0.497 e. The van der Waals surface area contributed by atoms with Gasteiger partial charge in [0.25, 0.3) is 0 Å². The normalized spacial score (nSPS) is 11.2. The van der Waals surface area contributed by atoms with Crippen LogP contribution in [-0.4, -0.2) is 46.4 Å². The summed E-state index contributed by atoms with van der Waals surface area (Å²) < 4.78 is 16.2. The van der Waals surface area contributed by atoms with Crippen molar-refractivity contribution in [3.05, 3.63) is 89.0 Å². The molecule has 0 bridgehead atoms. The molecule has 3 rings (SSSR count). The summed E-state index contributed by atoms with van der Waals surface area (Å²) in [5.41, 5.74) is 5.01. The van der Waals surface area contributed by atoms with Crippen LogP contribution < -0.4 is 14.2 Å². The van der Waals surface area contributed by atoms with E-state index in [2.05, 4.69) is 72.6 Å². The number of hydrogen-bond acceptors (Lipinski definition) is 4. The molecule has 0 fully saturated rings. The molecule has 0 aliphatic heterocycles. The number of aryl methyl sites for hydroxylation is 1. The Hall–Kier alpha value is -3.24. The van der Waals surface area contributed by atoms with E-state index in [0.717, 1.165) is 49.6 Å². The Morgan fingerprint density at radius 3 is 2.24 bits per heavy atom. The molecule has 0 saturated carbocycles. The molecular weight excluding hydrogens is 410 g/mol. The molecule has 4 heteroatoms. The number of rotatable bonds is 12. The molecule has 0 aliphatic carbocycles. The fourth-order valence-corrected chi connectivity index (χ4v) is 3.85. The number of likely N-dealkylation sites (N-methyl/N-ethyl adjacent to an activating group) is 1. The molecule has 0 heterocycles. The lowest BCUT2D eigenvalue weighted by Gasteiger charge is -2.18. The highest BCUT2D eigenvalue weighted by atomic mass is 16.5. The minimum absolute atomic E-state index is 0.769. The van der Waals surface area contributed by atoms with E-state index in [9.17, 15) is 0 Å². The maximum atomic E-state index is 5.47. The van der Waals surface area contributed by atoms with Gasteiger partial charge in [-0.05, 0) is 79.4 Å². The van der Waals surface area contributed by atoms with Crippen molar-refractivity contribution in [1.82, 2.24) is 4.90 Å². The van der Waals surface area contributed by atoms with Crippen LogP contribution in [0.4, 0.5) is 0 Å². The van der Waals surface area contributed by atoms with E-state index >= 15 is 0 Å². The third-order valence-electron chi connectivity index (χ3n) is 5.82. The summed E-state index contributed by atoms with van der Waals surface area (Å²) in [7, 11) is 7.25. The van der Waals surface area contributed by atoms with Crippen LogP contribution >= 0.6 is 0 Å². The number of methoxy groups -OCH3 is 3. The van der Waals surface area contributed by atoms with Crippen molar-refractivity contribution < 1.29 is 14.2 Å². The summed E-state index contributed by atoms with van der Waals surface area (Å²) in [6.07, 6.45) is 7.43. The lowest BCUT2D eigenvalue weighted by atomic mass is 10.0. The van der Waals surface area contributed by atoms with Gasteiger partial charge in [0.05, 0.1) is 21.3 Å². The van der Waals surface area contributed by atoms with Gasteiger partial charge in [0.15, 0.2) is 11.5 Å². The molecule has 174 valence electrons. The van der Waals surface area contributed by atoms with Crippen LogP contribution in [0.25, 0.3) is 12.2 Å². The van der Waals surface area contributed by atoms with E-state index in [1.807, 2.05) is 18.2 Å². The van der Waals surface area contributed by atoms with E-state index in [4.69, 9.17) is 14.2 Å². The molecule has 0 radical (unpaired) electrons. The van der Waals surface area contributed by atoms with Crippen molar-refractivity contribution in [2.75, 3.05) is 41.5 Å². The molecule has 0 atom stereocenters. The standard InChI is InChI=1S/C29H35NO3/c1-30(20-18-24-13-17-28(32-3)29(21-24)33-4)19-8-11-26-22-27(31-2)16-15-25(26)14-12-23-9-6-5-7-10-23/h5-7,9-10,12-17,21-22H,8,11,18-20H2,1-4H3/b14-12+. The Morgan fingerprint density at radius 2 is 1.52 bits per heavy atom. The summed E-state index contributed by atoms with van der Waals surface area (Å²) in [4.78, 5) is 2.39. The zero-order chi connectivity index (χ0) is 23.5. The van der Waals surface area contributed by atoms with Gasteiger partial charge in [-0.15, -0.1) is 0 Å². The summed E-state index contributed by atoms with van der Waals surface area (Å²) in [5.74, 6) is 2.46. The summed E-state index contributed by atoms with van der Waals surface area (Å²) in [6.45, 7) is 2.03. The van der Waals surface area contributed by atoms with Crippen molar-refractivity contribution in [2.24, 2.45) is 0 Å². The molecule has 33 heavy (non-hydrogen) atoms. The van der Waals surface area contributed by atoms with Crippen molar-refractivity contribution in [1.29, 1.82) is 0 Å². The number of hydrogen-bond donors (Lipinski definition) is 0. The smallest absolute Gasteiger partial charge is 0.160 e. The maximum Gasteiger partial charge on any atom is 0.160 e. The van der Waals surface area contributed by atoms with Crippen LogP contribution in [0.2, 0.25) is 0 Å². The summed E-state index contributed by atoms with van der Waals surface area (Å²) >= 11 is 0. The lowest BCUT2D eigenvalue weighted by Crippen LogP contribution is -2.23. The maximum absolute atomic E-state index is 5.47. The van der Waals surface area contributed by atoms with Crippen LogP contribution in [0.5, 0.6) is 17.2 Å². The molecule has 4 nitrogen and oxygen atoms in total. The van der Waals surface area contributed by atoms with E-state index < -0.39 is 0 Å². The van der Waals surface area contributed by atoms with Gasteiger partial charge in [0.2, 0.25) is 0 Å². The van der Waals surface area contributed by atoms with Gasteiger partial charge in [-0.1, -0.05) is 54.6 Å². The van der Waals surface area contributed by atoms with E-state index in [1.165, 1.54) is 22.3 Å².